The molecule has 0 aliphatic carbocycles. The van der Waals surface area contributed by atoms with E-state index < -0.39 is 0 Å². The minimum absolute atomic E-state index is 0.473. The van der Waals surface area contributed by atoms with Crippen molar-refractivity contribution in [1.29, 1.82) is 0 Å². The lowest BCUT2D eigenvalue weighted by Gasteiger charge is -2.24. The van der Waals surface area contributed by atoms with Gasteiger partial charge in [-0.2, -0.15) is 0 Å². The van der Waals surface area contributed by atoms with Gasteiger partial charge in [0.1, 0.15) is 0 Å². The van der Waals surface area contributed by atoms with Crippen LogP contribution in [-0.4, -0.2) is 38.9 Å². The first kappa shape index (κ1) is 12.6. The van der Waals surface area contributed by atoms with Crippen LogP contribution < -0.4 is 10.6 Å². The minimum Gasteiger partial charge on any atom is -0.378 e. The Morgan fingerprint density at radius 2 is 2.29 bits per heavy atom. The van der Waals surface area contributed by atoms with Crippen molar-refractivity contribution in [3.8, 4) is 0 Å². The summed E-state index contributed by atoms with van der Waals surface area (Å²) in [4.78, 5) is 0. The minimum atomic E-state index is 0.473. The van der Waals surface area contributed by atoms with E-state index in [2.05, 4.69) is 41.8 Å². The molecule has 94 valence electrons. The van der Waals surface area contributed by atoms with E-state index in [1.807, 2.05) is 0 Å². The molecule has 0 radical (unpaired) electrons. The second kappa shape index (κ2) is 6.74. The summed E-state index contributed by atoms with van der Waals surface area (Å²) in [5.41, 5.74) is 2.82. The lowest BCUT2D eigenvalue weighted by molar-refractivity contribution is 0.0768. The Bertz CT molecular complexity index is 335. The lowest BCUT2D eigenvalue weighted by Crippen LogP contribution is -2.47. The number of ether oxygens (including phenoxy) is 1. The maximum Gasteiger partial charge on any atom is 0.0632 e. The van der Waals surface area contributed by atoms with Crippen molar-refractivity contribution in [3.05, 3.63) is 35.4 Å². The van der Waals surface area contributed by atoms with Gasteiger partial charge >= 0.3 is 0 Å². The van der Waals surface area contributed by atoms with Gasteiger partial charge < -0.3 is 15.4 Å². The topological polar surface area (TPSA) is 33.3 Å². The Morgan fingerprint density at radius 1 is 1.41 bits per heavy atom. The second-order valence-corrected chi connectivity index (χ2v) is 4.61. The fourth-order valence-corrected chi connectivity index (χ4v) is 2.14. The van der Waals surface area contributed by atoms with E-state index in [4.69, 9.17) is 4.74 Å². The molecule has 3 heteroatoms. The van der Waals surface area contributed by atoms with Crippen LogP contribution in [0.25, 0.3) is 0 Å². The highest BCUT2D eigenvalue weighted by Gasteiger charge is 2.11. The first-order valence-electron chi connectivity index (χ1n) is 6.42. The fourth-order valence-electron chi connectivity index (χ4n) is 2.14. The molecular formula is C14H22N2O. The summed E-state index contributed by atoms with van der Waals surface area (Å²) in [6.07, 6.45) is 1.10. The zero-order chi connectivity index (χ0) is 11.9. The van der Waals surface area contributed by atoms with Gasteiger partial charge in [-0.3, -0.25) is 0 Å². The highest BCUT2D eigenvalue weighted by molar-refractivity contribution is 5.25. The van der Waals surface area contributed by atoms with Gasteiger partial charge in [0.25, 0.3) is 0 Å². The number of nitrogens with one attached hydrogen (secondary N) is 2. The normalized spacial score (nSPS) is 20.4. The summed E-state index contributed by atoms with van der Waals surface area (Å²) in [5, 5.41) is 6.93. The van der Waals surface area contributed by atoms with Gasteiger partial charge in [0.05, 0.1) is 13.2 Å². The summed E-state index contributed by atoms with van der Waals surface area (Å²) in [6, 6.07) is 9.06. The van der Waals surface area contributed by atoms with Gasteiger partial charge in [-0.1, -0.05) is 24.3 Å². The van der Waals surface area contributed by atoms with Crippen molar-refractivity contribution in [2.75, 3.05) is 32.8 Å². The third-order valence-corrected chi connectivity index (χ3v) is 3.22. The molecule has 1 aromatic carbocycles. The molecular weight excluding hydrogens is 212 g/mol. The van der Waals surface area contributed by atoms with Crippen LogP contribution in [0.15, 0.2) is 24.3 Å². The molecule has 1 atom stereocenters. The van der Waals surface area contributed by atoms with E-state index in [-0.39, 0.29) is 0 Å². The zero-order valence-electron chi connectivity index (χ0n) is 10.5. The number of hydrogen-bond donors (Lipinski definition) is 2. The third-order valence-electron chi connectivity index (χ3n) is 3.22. The van der Waals surface area contributed by atoms with Crippen LogP contribution in [0.4, 0.5) is 0 Å². The van der Waals surface area contributed by atoms with Gasteiger partial charge in [0.15, 0.2) is 0 Å². The molecule has 1 aliphatic rings. The van der Waals surface area contributed by atoms with E-state index in [0.717, 1.165) is 39.3 Å². The highest BCUT2D eigenvalue weighted by Crippen LogP contribution is 2.06. The summed E-state index contributed by atoms with van der Waals surface area (Å²) in [7, 11) is 0. The summed E-state index contributed by atoms with van der Waals surface area (Å²) in [5.74, 6) is 0. The van der Waals surface area contributed by atoms with Gasteiger partial charge in [0.2, 0.25) is 0 Å². The molecule has 3 nitrogen and oxygen atoms in total. The van der Waals surface area contributed by atoms with Crippen molar-refractivity contribution in [3.63, 3.8) is 0 Å². The second-order valence-electron chi connectivity index (χ2n) is 4.61. The molecule has 0 spiro atoms. The van der Waals surface area contributed by atoms with Gasteiger partial charge in [-0.25, -0.2) is 0 Å². The predicted molar refractivity (Wildman–Crippen MR) is 70.4 cm³/mol. The molecule has 0 amide bonds. The molecule has 0 saturated carbocycles. The molecule has 1 saturated heterocycles. The molecule has 1 aliphatic heterocycles. The highest BCUT2D eigenvalue weighted by atomic mass is 16.5. The monoisotopic (exact) mass is 234 g/mol. The van der Waals surface area contributed by atoms with E-state index in [0.29, 0.717) is 6.04 Å². The predicted octanol–water partition coefficient (Wildman–Crippen LogP) is 1.12. The van der Waals surface area contributed by atoms with Crippen LogP contribution in [0.5, 0.6) is 0 Å². The average Bonchev–Trinajstić information content (AvgIpc) is 2.38. The molecule has 1 fully saturated rings. The first-order chi connectivity index (χ1) is 8.36. The maximum atomic E-state index is 5.41. The molecule has 1 aromatic rings. The Morgan fingerprint density at radius 3 is 3.06 bits per heavy atom. The largest absolute Gasteiger partial charge is 0.378 e. The van der Waals surface area contributed by atoms with Crippen LogP contribution in [0.1, 0.15) is 11.1 Å². The average molecular weight is 234 g/mol. The quantitative estimate of drug-likeness (QED) is 0.749. The SMILES string of the molecule is Cc1ccccc1CCNCC1COCCN1. The van der Waals surface area contributed by atoms with Crippen LogP contribution in [-0.2, 0) is 11.2 Å². The molecule has 0 bridgehead atoms. The van der Waals surface area contributed by atoms with Gasteiger partial charge in [-0.05, 0) is 31.0 Å². The van der Waals surface area contributed by atoms with Crippen molar-refractivity contribution in [1.82, 2.24) is 10.6 Å². The molecule has 1 unspecified atom stereocenters. The third kappa shape index (κ3) is 4.11. The molecule has 1 heterocycles. The molecule has 0 aromatic heterocycles. The Kier molecular flexibility index (Phi) is 4.98. The Balaban J connectivity index is 1.64. The number of aryl methyl sites for hydroxylation is 1. The van der Waals surface area contributed by atoms with E-state index >= 15 is 0 Å². The van der Waals surface area contributed by atoms with Gasteiger partial charge in [0, 0.05) is 19.1 Å². The van der Waals surface area contributed by atoms with Crippen LogP contribution >= 0.6 is 0 Å². The number of morpholine rings is 1. The van der Waals surface area contributed by atoms with Gasteiger partial charge in [-0.15, -0.1) is 0 Å². The Hall–Kier alpha value is -0.900. The lowest BCUT2D eigenvalue weighted by atomic mass is 10.1. The maximum absolute atomic E-state index is 5.41. The van der Waals surface area contributed by atoms with E-state index in [9.17, 15) is 0 Å². The fraction of sp³-hybridized carbons (Fsp3) is 0.571. The van der Waals surface area contributed by atoms with Crippen LogP contribution in [0.3, 0.4) is 0 Å². The molecule has 2 N–H and O–H groups in total. The van der Waals surface area contributed by atoms with Crippen LogP contribution in [0.2, 0.25) is 0 Å². The van der Waals surface area contributed by atoms with Crippen molar-refractivity contribution >= 4 is 0 Å². The van der Waals surface area contributed by atoms with E-state index in [1.54, 1.807) is 0 Å². The smallest absolute Gasteiger partial charge is 0.0632 e. The van der Waals surface area contributed by atoms with Crippen LogP contribution in [0, 0.1) is 6.92 Å². The zero-order valence-corrected chi connectivity index (χ0v) is 10.5. The summed E-state index contributed by atoms with van der Waals surface area (Å²) in [6.45, 7) is 6.85. The number of rotatable bonds is 5. The summed E-state index contributed by atoms with van der Waals surface area (Å²) < 4.78 is 5.41. The number of benzene rings is 1. The van der Waals surface area contributed by atoms with Crippen molar-refractivity contribution in [2.45, 2.75) is 19.4 Å². The molecule has 2 rings (SSSR count). The van der Waals surface area contributed by atoms with E-state index in [1.165, 1.54) is 11.1 Å². The van der Waals surface area contributed by atoms with Crippen molar-refractivity contribution < 1.29 is 4.74 Å². The first-order valence-corrected chi connectivity index (χ1v) is 6.42. The standard InChI is InChI=1S/C14H22N2O/c1-12-4-2-3-5-13(12)6-7-15-10-14-11-17-9-8-16-14/h2-5,14-16H,6-11H2,1H3. The Labute approximate surface area is 104 Å². The van der Waals surface area contributed by atoms with Crippen molar-refractivity contribution in [2.24, 2.45) is 0 Å². The molecule has 17 heavy (non-hydrogen) atoms. The summed E-state index contributed by atoms with van der Waals surface area (Å²) >= 11 is 0. The number of hydrogen-bond acceptors (Lipinski definition) is 3.